The fourth-order valence-corrected chi connectivity index (χ4v) is 7.44. The van der Waals surface area contributed by atoms with Crippen molar-refractivity contribution >= 4 is 28.9 Å². The highest BCUT2D eigenvalue weighted by molar-refractivity contribution is 6.33. The van der Waals surface area contributed by atoms with Crippen molar-refractivity contribution in [3.63, 3.8) is 0 Å². The van der Waals surface area contributed by atoms with Crippen LogP contribution >= 0.6 is 11.6 Å². The number of carbonyl (C=O) groups is 1. The Bertz CT molecular complexity index is 1200. The van der Waals surface area contributed by atoms with E-state index >= 15 is 0 Å². The molecule has 4 aliphatic rings. The highest BCUT2D eigenvalue weighted by atomic mass is 35.5. The van der Waals surface area contributed by atoms with Crippen LogP contribution in [0.5, 0.6) is 0 Å². The number of carbonyl (C=O) groups excluding carboxylic acids is 1. The summed E-state index contributed by atoms with van der Waals surface area (Å²) in [7, 11) is 0. The van der Waals surface area contributed by atoms with Gasteiger partial charge in [0.2, 0.25) is 0 Å². The number of nitrogens with one attached hydrogen (secondary N) is 1. The average molecular weight is 490 g/mol. The van der Waals surface area contributed by atoms with Crippen molar-refractivity contribution in [1.29, 1.82) is 0 Å². The summed E-state index contributed by atoms with van der Waals surface area (Å²) >= 11 is 6.80. The van der Waals surface area contributed by atoms with Crippen molar-refractivity contribution < 1.29 is 9.53 Å². The fourth-order valence-electron chi connectivity index (χ4n) is 7.22. The van der Waals surface area contributed by atoms with Gasteiger partial charge in [0.1, 0.15) is 0 Å². The summed E-state index contributed by atoms with van der Waals surface area (Å²) in [5, 5.41) is 8.55. The van der Waals surface area contributed by atoms with Crippen molar-refractivity contribution in [1.82, 2.24) is 9.78 Å². The van der Waals surface area contributed by atoms with E-state index in [1.807, 2.05) is 0 Å². The van der Waals surface area contributed by atoms with Crippen molar-refractivity contribution in [3.05, 3.63) is 76.6 Å². The first-order valence-electron chi connectivity index (χ1n) is 12.9. The minimum atomic E-state index is -0.343. The zero-order valence-electron chi connectivity index (χ0n) is 20.2. The van der Waals surface area contributed by atoms with Crippen LogP contribution in [0.2, 0.25) is 5.02 Å². The summed E-state index contributed by atoms with van der Waals surface area (Å²) in [6.07, 6.45) is 11.7. The Morgan fingerprint density at radius 1 is 1.09 bits per heavy atom. The highest BCUT2D eigenvalue weighted by Gasteiger charge is 2.51. The van der Waals surface area contributed by atoms with Gasteiger partial charge in [0.05, 0.1) is 35.6 Å². The van der Waals surface area contributed by atoms with Gasteiger partial charge in [0.25, 0.3) is 0 Å². The predicted molar refractivity (Wildman–Crippen MR) is 138 cm³/mol. The van der Waals surface area contributed by atoms with Crippen LogP contribution in [0.15, 0.2) is 54.9 Å². The zero-order chi connectivity index (χ0) is 24.0. The van der Waals surface area contributed by atoms with Gasteiger partial charge in [-0.25, -0.2) is 4.79 Å². The Labute approximate surface area is 211 Å². The van der Waals surface area contributed by atoms with E-state index in [9.17, 15) is 4.79 Å². The molecular weight excluding hydrogens is 458 g/mol. The lowest BCUT2D eigenvalue weighted by molar-refractivity contribution is -0.00518. The smallest absolute Gasteiger partial charge is 0.341 e. The summed E-state index contributed by atoms with van der Waals surface area (Å²) in [4.78, 5) is 11.8. The lowest BCUT2D eigenvalue weighted by Gasteiger charge is -2.57. The predicted octanol–water partition coefficient (Wildman–Crippen LogP) is 6.97. The third-order valence-corrected chi connectivity index (χ3v) is 8.65. The van der Waals surface area contributed by atoms with Crippen molar-refractivity contribution in [2.24, 2.45) is 17.8 Å². The molecule has 4 fully saturated rings. The number of ether oxygens (including phenoxy) is 1. The summed E-state index contributed by atoms with van der Waals surface area (Å²) in [5.74, 6) is 2.43. The van der Waals surface area contributed by atoms with Gasteiger partial charge in [-0.1, -0.05) is 29.8 Å². The molecule has 0 amide bonds. The van der Waals surface area contributed by atoms with E-state index in [-0.39, 0.29) is 5.97 Å². The first-order valence-corrected chi connectivity index (χ1v) is 13.2. The summed E-state index contributed by atoms with van der Waals surface area (Å²) in [5.41, 5.74) is 5.31. The first kappa shape index (κ1) is 22.7. The van der Waals surface area contributed by atoms with Crippen LogP contribution < -0.4 is 5.32 Å². The van der Waals surface area contributed by atoms with Crippen LogP contribution in [-0.4, -0.2) is 22.4 Å². The molecule has 4 aliphatic carbocycles. The molecule has 0 atom stereocenters. The van der Waals surface area contributed by atoms with Crippen molar-refractivity contribution in [3.8, 4) is 0 Å². The Morgan fingerprint density at radius 3 is 2.40 bits per heavy atom. The second-order valence-corrected chi connectivity index (χ2v) is 11.3. The van der Waals surface area contributed by atoms with Gasteiger partial charge >= 0.3 is 5.97 Å². The van der Waals surface area contributed by atoms with E-state index in [0.29, 0.717) is 24.1 Å². The maximum atomic E-state index is 11.8. The summed E-state index contributed by atoms with van der Waals surface area (Å²) in [6.45, 7) is 2.73. The fraction of sp³-hybridized carbons (Fsp3) is 0.448. The third-order valence-electron chi connectivity index (χ3n) is 8.34. The third kappa shape index (κ3) is 4.47. The molecule has 5 nitrogen and oxygen atoms in total. The Morgan fingerprint density at radius 2 is 1.77 bits per heavy atom. The molecule has 0 unspecified atom stereocenters. The lowest BCUT2D eigenvalue weighted by Crippen LogP contribution is -2.48. The highest BCUT2D eigenvalue weighted by Crippen LogP contribution is 2.61. The Balaban J connectivity index is 1.12. The van der Waals surface area contributed by atoms with Crippen molar-refractivity contribution in [2.45, 2.75) is 57.4 Å². The molecule has 0 spiro atoms. The van der Waals surface area contributed by atoms with E-state index in [4.69, 9.17) is 16.3 Å². The molecule has 6 heteroatoms. The van der Waals surface area contributed by atoms with Crippen LogP contribution in [0.25, 0.3) is 0 Å². The number of halogens is 1. The van der Waals surface area contributed by atoms with E-state index in [2.05, 4.69) is 52.9 Å². The largest absolute Gasteiger partial charge is 0.462 e. The normalized spacial score (nSPS) is 26.6. The van der Waals surface area contributed by atoms with Gasteiger partial charge in [-0.05, 0) is 104 Å². The second-order valence-electron chi connectivity index (χ2n) is 10.9. The van der Waals surface area contributed by atoms with E-state index in [0.717, 1.165) is 39.7 Å². The average Bonchev–Trinajstić information content (AvgIpc) is 3.29. The minimum absolute atomic E-state index is 0.343. The van der Waals surface area contributed by atoms with Gasteiger partial charge in [-0.3, -0.25) is 4.68 Å². The van der Waals surface area contributed by atoms with Crippen LogP contribution in [0.1, 0.15) is 66.9 Å². The number of nitrogens with zero attached hydrogens (tertiary/aromatic N) is 2. The molecule has 0 aliphatic heterocycles. The summed E-state index contributed by atoms with van der Waals surface area (Å²) in [6, 6.07) is 14.9. The number of hydrogen-bond acceptors (Lipinski definition) is 4. The number of rotatable bonds is 7. The zero-order valence-corrected chi connectivity index (χ0v) is 20.9. The van der Waals surface area contributed by atoms with Crippen LogP contribution in [0, 0.1) is 17.8 Å². The molecule has 4 bridgehead atoms. The maximum Gasteiger partial charge on any atom is 0.341 e. The number of hydrogen-bond donors (Lipinski definition) is 1. The van der Waals surface area contributed by atoms with E-state index in [1.165, 1.54) is 44.1 Å². The Hall–Kier alpha value is -2.79. The molecule has 0 saturated heterocycles. The number of anilines is 2. The molecule has 0 radical (unpaired) electrons. The van der Waals surface area contributed by atoms with Gasteiger partial charge in [-0.15, -0.1) is 0 Å². The number of esters is 1. The molecule has 1 N–H and O–H groups in total. The molecule has 182 valence electrons. The van der Waals surface area contributed by atoms with Crippen LogP contribution in [0.3, 0.4) is 0 Å². The van der Waals surface area contributed by atoms with E-state index in [1.54, 1.807) is 24.0 Å². The number of aromatic nitrogens is 2. The Kier molecular flexibility index (Phi) is 5.84. The molecule has 35 heavy (non-hydrogen) atoms. The molecule has 4 saturated carbocycles. The topological polar surface area (TPSA) is 56.1 Å². The van der Waals surface area contributed by atoms with Crippen molar-refractivity contribution in [2.75, 3.05) is 11.9 Å². The van der Waals surface area contributed by atoms with E-state index < -0.39 is 0 Å². The summed E-state index contributed by atoms with van der Waals surface area (Å²) < 4.78 is 6.77. The molecule has 1 heterocycles. The lowest BCUT2D eigenvalue weighted by atomic mass is 9.48. The minimum Gasteiger partial charge on any atom is -0.462 e. The molecule has 7 rings (SSSR count). The monoisotopic (exact) mass is 489 g/mol. The molecule has 3 aromatic rings. The standard InChI is InChI=1S/C29H32ClN3O2/c1-2-35-28(34)23-16-31-33(18-23)17-19-3-6-25(7-4-19)32-27-8-5-24(12-26(27)30)29-13-20-9-21(14-29)11-22(10-20)15-29/h3-8,12,16,18,20-22,32H,2,9-11,13-15,17H2,1H3. The van der Waals surface area contributed by atoms with Gasteiger partial charge in [0, 0.05) is 11.9 Å². The maximum absolute atomic E-state index is 11.8. The molecule has 2 aromatic carbocycles. The van der Waals surface area contributed by atoms with Gasteiger partial charge in [-0.2, -0.15) is 5.10 Å². The van der Waals surface area contributed by atoms with Crippen LogP contribution in [-0.2, 0) is 16.7 Å². The van der Waals surface area contributed by atoms with Gasteiger partial charge < -0.3 is 10.1 Å². The number of benzene rings is 2. The second kappa shape index (κ2) is 9.02. The quantitative estimate of drug-likeness (QED) is 0.364. The molecule has 1 aromatic heterocycles. The molecular formula is C29H32ClN3O2. The first-order chi connectivity index (χ1) is 17.0. The van der Waals surface area contributed by atoms with Gasteiger partial charge in [0.15, 0.2) is 0 Å². The van der Waals surface area contributed by atoms with Crippen LogP contribution in [0.4, 0.5) is 11.4 Å². The SMILES string of the molecule is CCOC(=O)c1cnn(Cc2ccc(Nc3ccc(C45CC6CC(CC(C6)C4)C5)cc3Cl)cc2)c1.